The predicted molar refractivity (Wildman–Crippen MR) is 57.2 cm³/mol. The van der Waals surface area contributed by atoms with Crippen molar-refractivity contribution >= 4 is 17.7 Å². The van der Waals surface area contributed by atoms with Crippen LogP contribution in [0.4, 0.5) is 0 Å². The summed E-state index contributed by atoms with van der Waals surface area (Å²) in [5, 5.41) is 9.19. The summed E-state index contributed by atoms with van der Waals surface area (Å²) in [5.41, 5.74) is 5.20. The minimum absolute atomic E-state index is 0.192. The summed E-state index contributed by atoms with van der Waals surface area (Å²) in [5.74, 6) is -0.155. The highest BCUT2D eigenvalue weighted by atomic mass is 32.2. The van der Waals surface area contributed by atoms with Crippen molar-refractivity contribution in [1.29, 1.82) is 0 Å². The third-order valence-electron chi connectivity index (χ3n) is 1.82. The van der Waals surface area contributed by atoms with E-state index in [4.69, 9.17) is 5.73 Å². The molecular weight excluding hydrogens is 198 g/mol. The molecule has 4 heteroatoms. The molecule has 0 saturated carbocycles. The standard InChI is InChI=1S/C10H13NO2S/c1-2-8(10(11)13)14-9-6-4-3-5-7(9)12/h3-6,8,12H,2H2,1H3,(H2,11,13). The van der Waals surface area contributed by atoms with Gasteiger partial charge >= 0.3 is 0 Å². The first-order valence-electron chi connectivity index (χ1n) is 4.39. The Labute approximate surface area is 87.3 Å². The molecule has 0 saturated heterocycles. The highest BCUT2D eigenvalue weighted by Crippen LogP contribution is 2.32. The summed E-state index contributed by atoms with van der Waals surface area (Å²) in [6, 6.07) is 6.92. The van der Waals surface area contributed by atoms with E-state index < -0.39 is 0 Å². The van der Waals surface area contributed by atoms with Gasteiger partial charge < -0.3 is 10.8 Å². The lowest BCUT2D eigenvalue weighted by Crippen LogP contribution is -2.24. The Morgan fingerprint density at radius 1 is 1.57 bits per heavy atom. The normalized spacial score (nSPS) is 12.4. The van der Waals surface area contributed by atoms with Crippen LogP contribution in [0.2, 0.25) is 0 Å². The van der Waals surface area contributed by atoms with Crippen LogP contribution in [0.3, 0.4) is 0 Å². The molecule has 0 bridgehead atoms. The molecule has 0 aliphatic heterocycles. The first kappa shape index (κ1) is 10.9. The number of phenols is 1. The molecule has 1 aromatic rings. The van der Waals surface area contributed by atoms with E-state index in [1.54, 1.807) is 18.2 Å². The van der Waals surface area contributed by atoms with Crippen LogP contribution in [0.25, 0.3) is 0 Å². The molecule has 3 N–H and O–H groups in total. The molecular formula is C10H13NO2S. The maximum absolute atomic E-state index is 11.0. The summed E-state index contributed by atoms with van der Waals surface area (Å²) >= 11 is 1.30. The molecule has 0 fully saturated rings. The van der Waals surface area contributed by atoms with Gasteiger partial charge in [-0.25, -0.2) is 0 Å². The van der Waals surface area contributed by atoms with E-state index in [2.05, 4.69) is 0 Å². The molecule has 0 aliphatic carbocycles. The zero-order valence-corrected chi connectivity index (χ0v) is 8.75. The van der Waals surface area contributed by atoms with Crippen molar-refractivity contribution in [3.63, 3.8) is 0 Å². The van der Waals surface area contributed by atoms with Gasteiger partial charge in [0.2, 0.25) is 5.91 Å². The predicted octanol–water partition coefficient (Wildman–Crippen LogP) is 1.75. The molecule has 1 atom stereocenters. The van der Waals surface area contributed by atoms with E-state index in [0.717, 1.165) is 0 Å². The van der Waals surface area contributed by atoms with Gasteiger partial charge in [-0.3, -0.25) is 4.79 Å². The fraction of sp³-hybridized carbons (Fsp3) is 0.300. The average Bonchev–Trinajstić information content (AvgIpc) is 2.16. The quantitative estimate of drug-likeness (QED) is 0.746. The monoisotopic (exact) mass is 211 g/mol. The van der Waals surface area contributed by atoms with E-state index in [9.17, 15) is 9.90 Å². The molecule has 0 aromatic heterocycles. The smallest absolute Gasteiger partial charge is 0.230 e. The number of rotatable bonds is 4. The summed E-state index contributed by atoms with van der Waals surface area (Å²) in [6.07, 6.45) is 0.661. The van der Waals surface area contributed by atoms with Gasteiger partial charge in [0.05, 0.1) is 5.25 Å². The Morgan fingerprint density at radius 3 is 2.71 bits per heavy atom. The minimum atomic E-state index is -0.347. The van der Waals surface area contributed by atoms with Crippen LogP contribution in [0.15, 0.2) is 29.2 Å². The van der Waals surface area contributed by atoms with Gasteiger partial charge in [0, 0.05) is 4.90 Å². The SMILES string of the molecule is CCC(Sc1ccccc1O)C(N)=O. The summed E-state index contributed by atoms with van der Waals surface area (Å²) in [7, 11) is 0. The number of aromatic hydroxyl groups is 1. The van der Waals surface area contributed by atoms with Crippen molar-refractivity contribution in [2.45, 2.75) is 23.5 Å². The van der Waals surface area contributed by atoms with Crippen molar-refractivity contribution in [2.75, 3.05) is 0 Å². The van der Waals surface area contributed by atoms with Crippen LogP contribution in [-0.4, -0.2) is 16.3 Å². The summed E-state index contributed by atoms with van der Waals surface area (Å²) in [4.78, 5) is 11.7. The highest BCUT2D eigenvalue weighted by molar-refractivity contribution is 8.00. The van der Waals surface area contributed by atoms with E-state index in [1.807, 2.05) is 13.0 Å². The minimum Gasteiger partial charge on any atom is -0.507 e. The lowest BCUT2D eigenvalue weighted by Gasteiger charge is -2.10. The number of nitrogens with two attached hydrogens (primary N) is 1. The maximum atomic E-state index is 11.0. The summed E-state index contributed by atoms with van der Waals surface area (Å²) < 4.78 is 0. The van der Waals surface area contributed by atoms with Crippen molar-refractivity contribution in [3.8, 4) is 5.75 Å². The molecule has 76 valence electrons. The second-order valence-corrected chi connectivity index (χ2v) is 4.13. The maximum Gasteiger partial charge on any atom is 0.230 e. The number of para-hydroxylation sites is 1. The van der Waals surface area contributed by atoms with Gasteiger partial charge in [0.15, 0.2) is 0 Å². The van der Waals surface area contributed by atoms with Gasteiger partial charge in [-0.05, 0) is 18.6 Å². The Balaban J connectivity index is 2.77. The number of hydrogen-bond acceptors (Lipinski definition) is 3. The zero-order chi connectivity index (χ0) is 10.6. The molecule has 14 heavy (non-hydrogen) atoms. The topological polar surface area (TPSA) is 63.3 Å². The van der Waals surface area contributed by atoms with Gasteiger partial charge in [0.1, 0.15) is 5.75 Å². The van der Waals surface area contributed by atoms with Crippen molar-refractivity contribution in [1.82, 2.24) is 0 Å². The molecule has 1 aromatic carbocycles. The van der Waals surface area contributed by atoms with Crippen LogP contribution in [0.1, 0.15) is 13.3 Å². The van der Waals surface area contributed by atoms with Crippen LogP contribution in [0.5, 0.6) is 5.75 Å². The van der Waals surface area contributed by atoms with Crippen LogP contribution >= 0.6 is 11.8 Å². The number of amides is 1. The van der Waals surface area contributed by atoms with E-state index in [0.29, 0.717) is 11.3 Å². The number of phenolic OH excluding ortho intramolecular Hbond substituents is 1. The van der Waals surface area contributed by atoms with Gasteiger partial charge in [-0.1, -0.05) is 19.1 Å². The first-order valence-corrected chi connectivity index (χ1v) is 5.27. The third-order valence-corrected chi connectivity index (χ3v) is 3.27. The molecule has 0 radical (unpaired) electrons. The van der Waals surface area contributed by atoms with Crippen molar-refractivity contribution in [2.24, 2.45) is 5.73 Å². The van der Waals surface area contributed by atoms with E-state index in [1.165, 1.54) is 11.8 Å². The Bertz CT molecular complexity index is 328. The number of thioether (sulfide) groups is 1. The molecule has 1 unspecified atom stereocenters. The zero-order valence-electron chi connectivity index (χ0n) is 7.93. The number of carbonyl (C=O) groups is 1. The number of carbonyl (C=O) groups excluding carboxylic acids is 1. The fourth-order valence-electron chi connectivity index (χ4n) is 1.05. The third kappa shape index (κ3) is 2.67. The fourth-order valence-corrected chi connectivity index (χ4v) is 1.99. The van der Waals surface area contributed by atoms with Crippen molar-refractivity contribution in [3.05, 3.63) is 24.3 Å². The largest absolute Gasteiger partial charge is 0.507 e. The molecule has 0 heterocycles. The second kappa shape index (κ2) is 4.91. The lowest BCUT2D eigenvalue weighted by atomic mass is 10.3. The Hall–Kier alpha value is -1.16. The molecule has 3 nitrogen and oxygen atoms in total. The number of hydrogen-bond donors (Lipinski definition) is 2. The van der Waals surface area contributed by atoms with Crippen LogP contribution in [0, 0.1) is 0 Å². The lowest BCUT2D eigenvalue weighted by molar-refractivity contribution is -0.117. The van der Waals surface area contributed by atoms with Crippen LogP contribution in [-0.2, 0) is 4.79 Å². The van der Waals surface area contributed by atoms with Crippen molar-refractivity contribution < 1.29 is 9.90 Å². The molecule has 1 amide bonds. The summed E-state index contributed by atoms with van der Waals surface area (Å²) in [6.45, 7) is 1.89. The highest BCUT2D eigenvalue weighted by Gasteiger charge is 2.15. The van der Waals surface area contributed by atoms with Crippen LogP contribution < -0.4 is 5.73 Å². The van der Waals surface area contributed by atoms with E-state index in [-0.39, 0.29) is 16.9 Å². The van der Waals surface area contributed by atoms with Gasteiger partial charge in [-0.2, -0.15) is 0 Å². The average molecular weight is 211 g/mol. The Kier molecular flexibility index (Phi) is 3.83. The van der Waals surface area contributed by atoms with Gasteiger partial charge in [0.25, 0.3) is 0 Å². The second-order valence-electron chi connectivity index (χ2n) is 2.88. The number of benzene rings is 1. The molecule has 0 spiro atoms. The molecule has 1 rings (SSSR count). The first-order chi connectivity index (χ1) is 6.65. The molecule has 0 aliphatic rings. The van der Waals surface area contributed by atoms with E-state index >= 15 is 0 Å². The Morgan fingerprint density at radius 2 is 2.21 bits per heavy atom. The number of primary amides is 1. The van der Waals surface area contributed by atoms with Gasteiger partial charge in [-0.15, -0.1) is 11.8 Å².